The van der Waals surface area contributed by atoms with E-state index in [2.05, 4.69) is 26.3 Å². The molecule has 0 spiro atoms. The topological polar surface area (TPSA) is 159 Å². The predicted molar refractivity (Wildman–Crippen MR) is 164 cm³/mol. The molecular weight excluding hydrogens is 562 g/mol. The van der Waals surface area contributed by atoms with Gasteiger partial charge in [-0.25, -0.2) is 0 Å². The molecule has 2 aromatic carbocycles. The van der Waals surface area contributed by atoms with Crippen molar-refractivity contribution in [2.24, 2.45) is 5.92 Å². The monoisotopic (exact) mass is 601 g/mol. The van der Waals surface area contributed by atoms with Crippen molar-refractivity contribution in [2.45, 2.75) is 57.7 Å². The number of ether oxygens (including phenoxy) is 1. The molecule has 1 aliphatic rings. The summed E-state index contributed by atoms with van der Waals surface area (Å²) in [5, 5.41) is 21.1. The standard InChI is InChI=1S/C33H39N5O6/c1-21(2)28-20-44-29-6-4-3-5-25(29)31(41)37-26(32(42)35-18-15-22-13-16-34-17-14-22)11-12-30(40)36-27(33(43)38-28)19-23-7-9-24(39)10-8-23/h3-10,13-14,16-17,21,26-28,39H,11-12,15,18-20H2,1-2H3,(H,35,42)(H,36,40)(H,37,41)(H,38,43)/t26-,27-,28-/m0/s1. The Labute approximate surface area is 256 Å². The summed E-state index contributed by atoms with van der Waals surface area (Å²) in [6.45, 7) is 4.28. The molecule has 0 bridgehead atoms. The van der Waals surface area contributed by atoms with Crippen molar-refractivity contribution >= 4 is 23.6 Å². The van der Waals surface area contributed by atoms with Gasteiger partial charge < -0.3 is 31.1 Å². The minimum atomic E-state index is -1.02. The van der Waals surface area contributed by atoms with E-state index in [1.165, 1.54) is 12.1 Å². The number of aromatic nitrogens is 1. The highest BCUT2D eigenvalue weighted by Crippen LogP contribution is 2.20. The lowest BCUT2D eigenvalue weighted by atomic mass is 10.0. The summed E-state index contributed by atoms with van der Waals surface area (Å²) >= 11 is 0. The lowest BCUT2D eigenvalue weighted by Gasteiger charge is -2.26. The largest absolute Gasteiger partial charge is 0.508 e. The number of rotatable bonds is 7. The van der Waals surface area contributed by atoms with E-state index in [1.54, 1.807) is 48.8 Å². The number of benzene rings is 2. The van der Waals surface area contributed by atoms with Gasteiger partial charge in [0.15, 0.2) is 0 Å². The van der Waals surface area contributed by atoms with Crippen LogP contribution in [-0.4, -0.2) is 65.0 Å². The third kappa shape index (κ3) is 9.29. The average Bonchev–Trinajstić information content (AvgIpc) is 3.02. The zero-order valence-electron chi connectivity index (χ0n) is 24.9. The van der Waals surface area contributed by atoms with Crippen LogP contribution < -0.4 is 26.0 Å². The first-order valence-electron chi connectivity index (χ1n) is 14.8. The Morgan fingerprint density at radius 3 is 2.43 bits per heavy atom. The Bertz CT molecular complexity index is 1430. The molecule has 0 saturated carbocycles. The molecule has 11 nitrogen and oxygen atoms in total. The minimum absolute atomic E-state index is 0.00382. The number of fused-ring (bicyclic) bond motifs is 1. The van der Waals surface area contributed by atoms with Gasteiger partial charge in [0, 0.05) is 31.8 Å². The van der Waals surface area contributed by atoms with Crippen LogP contribution in [0.3, 0.4) is 0 Å². The van der Waals surface area contributed by atoms with Crippen LogP contribution in [0.2, 0.25) is 0 Å². The zero-order chi connectivity index (χ0) is 31.5. The van der Waals surface area contributed by atoms with Crippen molar-refractivity contribution in [1.82, 2.24) is 26.3 Å². The van der Waals surface area contributed by atoms with Crippen LogP contribution in [0.4, 0.5) is 0 Å². The summed E-state index contributed by atoms with van der Waals surface area (Å²) < 4.78 is 6.06. The van der Waals surface area contributed by atoms with Gasteiger partial charge in [0.2, 0.25) is 17.7 Å². The number of nitrogens with one attached hydrogen (secondary N) is 4. The smallest absolute Gasteiger partial charge is 0.255 e. The minimum Gasteiger partial charge on any atom is -0.508 e. The van der Waals surface area contributed by atoms with Crippen molar-refractivity contribution < 1.29 is 29.0 Å². The van der Waals surface area contributed by atoms with Gasteiger partial charge in [-0.1, -0.05) is 38.1 Å². The van der Waals surface area contributed by atoms with Crippen molar-refractivity contribution in [3.8, 4) is 11.5 Å². The highest BCUT2D eigenvalue weighted by atomic mass is 16.5. The maximum Gasteiger partial charge on any atom is 0.255 e. The van der Waals surface area contributed by atoms with Crippen LogP contribution in [0.15, 0.2) is 73.1 Å². The summed E-state index contributed by atoms with van der Waals surface area (Å²) in [5.74, 6) is -1.40. The molecule has 0 saturated heterocycles. The van der Waals surface area contributed by atoms with Gasteiger partial charge in [-0.05, 0) is 66.3 Å². The van der Waals surface area contributed by atoms with Crippen LogP contribution in [0, 0.1) is 5.92 Å². The third-order valence-corrected chi connectivity index (χ3v) is 7.45. The molecule has 232 valence electrons. The SMILES string of the molecule is CC(C)[C@@H]1COc2ccccc2C(=O)N[C@H](C(=O)NCCc2ccncc2)CCC(=O)N[C@@H](Cc2ccc(O)cc2)C(=O)N1. The van der Waals surface area contributed by atoms with Crippen molar-refractivity contribution in [1.29, 1.82) is 0 Å². The van der Waals surface area contributed by atoms with E-state index in [9.17, 15) is 24.3 Å². The molecule has 1 aliphatic heterocycles. The first kappa shape index (κ1) is 32.0. The normalized spacial score (nSPS) is 19.7. The van der Waals surface area contributed by atoms with Gasteiger partial charge in [-0.15, -0.1) is 0 Å². The zero-order valence-corrected chi connectivity index (χ0v) is 24.9. The average molecular weight is 602 g/mol. The van der Waals surface area contributed by atoms with E-state index in [4.69, 9.17) is 4.74 Å². The number of phenols is 1. The van der Waals surface area contributed by atoms with Crippen molar-refractivity contribution in [3.63, 3.8) is 0 Å². The van der Waals surface area contributed by atoms with Gasteiger partial charge in [-0.3, -0.25) is 24.2 Å². The molecule has 0 unspecified atom stereocenters. The molecule has 0 radical (unpaired) electrons. The first-order valence-corrected chi connectivity index (χ1v) is 14.8. The fourth-order valence-electron chi connectivity index (χ4n) is 4.77. The Balaban J connectivity index is 1.57. The van der Waals surface area contributed by atoms with E-state index in [0.717, 1.165) is 11.1 Å². The van der Waals surface area contributed by atoms with E-state index >= 15 is 0 Å². The van der Waals surface area contributed by atoms with Gasteiger partial charge in [0.25, 0.3) is 5.91 Å². The molecule has 0 fully saturated rings. The molecule has 4 amide bonds. The number of aromatic hydroxyl groups is 1. The number of pyridine rings is 1. The lowest BCUT2D eigenvalue weighted by Crippen LogP contribution is -2.53. The van der Waals surface area contributed by atoms with Crippen LogP contribution in [0.25, 0.3) is 0 Å². The first-order chi connectivity index (χ1) is 21.2. The molecule has 1 aromatic heterocycles. The number of phenolic OH excluding ortho intramolecular Hbond substituents is 1. The van der Waals surface area contributed by atoms with Gasteiger partial charge in [0.05, 0.1) is 11.6 Å². The summed E-state index contributed by atoms with van der Waals surface area (Å²) in [7, 11) is 0. The van der Waals surface area contributed by atoms with Gasteiger partial charge >= 0.3 is 0 Å². The number of carbonyl (C=O) groups is 4. The lowest BCUT2D eigenvalue weighted by molar-refractivity contribution is -0.130. The van der Waals surface area contributed by atoms with E-state index in [0.29, 0.717) is 18.7 Å². The number of hydrogen-bond donors (Lipinski definition) is 5. The molecule has 44 heavy (non-hydrogen) atoms. The number of carbonyl (C=O) groups excluding carboxylic acids is 4. The van der Waals surface area contributed by atoms with Gasteiger partial charge in [0.1, 0.15) is 30.2 Å². The Hall–Kier alpha value is -4.93. The van der Waals surface area contributed by atoms with Crippen molar-refractivity contribution in [3.05, 3.63) is 89.7 Å². The van der Waals surface area contributed by atoms with E-state index in [1.807, 2.05) is 26.0 Å². The second-order valence-electron chi connectivity index (χ2n) is 11.1. The molecule has 4 rings (SSSR count). The van der Waals surface area contributed by atoms with Crippen molar-refractivity contribution in [2.75, 3.05) is 13.2 Å². The quantitative estimate of drug-likeness (QED) is 0.278. The van der Waals surface area contributed by atoms with E-state index in [-0.39, 0.29) is 43.1 Å². The van der Waals surface area contributed by atoms with Crippen LogP contribution in [-0.2, 0) is 27.2 Å². The second-order valence-corrected chi connectivity index (χ2v) is 11.1. The Morgan fingerprint density at radius 1 is 0.977 bits per heavy atom. The highest BCUT2D eigenvalue weighted by molar-refractivity contribution is 5.99. The summed E-state index contributed by atoms with van der Waals surface area (Å²) in [6, 6.07) is 14.4. The number of amides is 4. The number of hydrogen-bond acceptors (Lipinski definition) is 7. The van der Waals surface area contributed by atoms with Gasteiger partial charge in [-0.2, -0.15) is 0 Å². The molecule has 3 atom stereocenters. The third-order valence-electron chi connectivity index (χ3n) is 7.45. The summed E-state index contributed by atoms with van der Waals surface area (Å²) in [4.78, 5) is 57.4. The fourth-order valence-corrected chi connectivity index (χ4v) is 4.77. The summed E-state index contributed by atoms with van der Waals surface area (Å²) in [5.41, 5.74) is 1.97. The Kier molecular flexibility index (Phi) is 11.3. The van der Waals surface area contributed by atoms with Crippen LogP contribution >= 0.6 is 0 Å². The molecule has 2 heterocycles. The maximum atomic E-state index is 13.5. The van der Waals surface area contributed by atoms with E-state index < -0.39 is 41.8 Å². The fraction of sp³-hybridized carbons (Fsp3) is 0.364. The van der Waals surface area contributed by atoms with Crippen LogP contribution in [0.5, 0.6) is 11.5 Å². The molecule has 5 N–H and O–H groups in total. The number of nitrogens with zero attached hydrogens (tertiary/aromatic N) is 1. The maximum absolute atomic E-state index is 13.5. The molecular formula is C33H39N5O6. The Morgan fingerprint density at radius 2 is 1.70 bits per heavy atom. The summed E-state index contributed by atoms with van der Waals surface area (Å²) in [6.07, 6.45) is 3.98. The molecule has 11 heteroatoms. The second kappa shape index (κ2) is 15.5. The number of para-hydroxylation sites is 1. The predicted octanol–water partition coefficient (Wildman–Crippen LogP) is 2.29. The molecule has 3 aromatic rings. The molecule has 0 aliphatic carbocycles. The van der Waals surface area contributed by atoms with Crippen LogP contribution in [0.1, 0.15) is 48.2 Å². The highest BCUT2D eigenvalue weighted by Gasteiger charge is 2.29.